The van der Waals surface area contributed by atoms with E-state index in [2.05, 4.69) is 10.3 Å². The number of thioether (sulfide) groups is 1. The smallest absolute Gasteiger partial charge is 0.316 e. The second-order valence-electron chi connectivity index (χ2n) is 6.64. The maximum absolute atomic E-state index is 13.0. The van der Waals surface area contributed by atoms with Crippen molar-refractivity contribution in [2.75, 3.05) is 17.7 Å². The Morgan fingerprint density at radius 1 is 1.09 bits per heavy atom. The van der Waals surface area contributed by atoms with Crippen LogP contribution in [0.2, 0.25) is 5.02 Å². The number of nitrogens with zero attached hydrogens (tertiary/aromatic N) is 1. The van der Waals surface area contributed by atoms with Gasteiger partial charge in [-0.2, -0.15) is 0 Å². The van der Waals surface area contributed by atoms with Crippen molar-refractivity contribution in [1.82, 2.24) is 4.98 Å². The maximum atomic E-state index is 13.0. The number of nitrogens with one attached hydrogen (secondary N) is 1. The fourth-order valence-corrected chi connectivity index (χ4v) is 4.93. The number of carbonyl (C=O) groups excluding carboxylic acids is 2. The number of fused-ring (bicyclic) bond motifs is 1. The highest BCUT2D eigenvalue weighted by molar-refractivity contribution is 8.00. The molecule has 0 aliphatic rings. The fourth-order valence-electron chi connectivity index (χ4n) is 2.95. The van der Waals surface area contributed by atoms with Gasteiger partial charge in [0.2, 0.25) is 0 Å². The maximum Gasteiger partial charge on any atom is 0.316 e. The second kappa shape index (κ2) is 10.1. The van der Waals surface area contributed by atoms with Crippen molar-refractivity contribution in [3.8, 4) is 11.3 Å². The molecule has 32 heavy (non-hydrogen) atoms. The summed E-state index contributed by atoms with van der Waals surface area (Å²) in [6, 6.07) is 17.3. The number of ether oxygens (including phenoxy) is 1. The molecule has 4 aromatic rings. The van der Waals surface area contributed by atoms with Crippen molar-refractivity contribution in [2.24, 2.45) is 0 Å². The van der Waals surface area contributed by atoms with Gasteiger partial charge < -0.3 is 4.74 Å². The molecule has 0 saturated carbocycles. The van der Waals surface area contributed by atoms with Crippen LogP contribution in [0.25, 0.3) is 22.0 Å². The molecule has 1 heterocycles. The number of amides is 1. The van der Waals surface area contributed by atoms with Crippen LogP contribution >= 0.6 is 34.7 Å². The SMILES string of the molecule is O=C(COC(=O)CSc1cccc2cccc(Cl)c12)Nc1nc(-c2ccc(F)cc2)cs1. The number of anilines is 1. The van der Waals surface area contributed by atoms with E-state index in [-0.39, 0.29) is 11.6 Å². The van der Waals surface area contributed by atoms with Crippen molar-refractivity contribution >= 4 is 62.5 Å². The van der Waals surface area contributed by atoms with Gasteiger partial charge in [-0.25, -0.2) is 9.37 Å². The number of halogens is 2. The van der Waals surface area contributed by atoms with Crippen molar-refractivity contribution in [2.45, 2.75) is 4.90 Å². The zero-order chi connectivity index (χ0) is 22.5. The molecule has 4 rings (SSSR count). The zero-order valence-corrected chi connectivity index (χ0v) is 18.9. The van der Waals surface area contributed by atoms with Crippen molar-refractivity contribution in [1.29, 1.82) is 0 Å². The van der Waals surface area contributed by atoms with Gasteiger partial charge in [-0.05, 0) is 41.8 Å². The first-order chi connectivity index (χ1) is 15.5. The number of rotatable bonds is 7. The molecule has 0 unspecified atom stereocenters. The average molecular weight is 487 g/mol. The Kier molecular flexibility index (Phi) is 7.04. The molecule has 0 spiro atoms. The van der Waals surface area contributed by atoms with E-state index in [4.69, 9.17) is 16.3 Å². The number of benzene rings is 3. The van der Waals surface area contributed by atoms with Crippen molar-refractivity contribution < 1.29 is 18.7 Å². The molecule has 1 aromatic heterocycles. The molecule has 1 N–H and O–H groups in total. The molecule has 0 fully saturated rings. The van der Waals surface area contributed by atoms with Gasteiger partial charge in [0.25, 0.3) is 5.91 Å². The topological polar surface area (TPSA) is 68.3 Å². The van der Waals surface area contributed by atoms with Crippen LogP contribution in [0, 0.1) is 5.82 Å². The Bertz CT molecular complexity index is 1270. The van der Waals surface area contributed by atoms with Gasteiger partial charge in [0, 0.05) is 26.2 Å². The molecule has 162 valence electrons. The Labute approximate surface area is 196 Å². The summed E-state index contributed by atoms with van der Waals surface area (Å²) in [6.45, 7) is -0.416. The van der Waals surface area contributed by atoms with Crippen LogP contribution < -0.4 is 5.32 Å². The van der Waals surface area contributed by atoms with Crippen LogP contribution in [0.4, 0.5) is 9.52 Å². The quantitative estimate of drug-likeness (QED) is 0.255. The lowest BCUT2D eigenvalue weighted by Crippen LogP contribution is -2.21. The zero-order valence-electron chi connectivity index (χ0n) is 16.5. The van der Waals surface area contributed by atoms with Gasteiger partial charge in [-0.1, -0.05) is 35.9 Å². The molecule has 5 nitrogen and oxygen atoms in total. The molecule has 0 radical (unpaired) electrons. The minimum absolute atomic E-state index is 0.0452. The Morgan fingerprint density at radius 2 is 1.84 bits per heavy atom. The van der Waals surface area contributed by atoms with Gasteiger partial charge in [-0.3, -0.25) is 14.9 Å². The molecule has 9 heteroatoms. The van der Waals surface area contributed by atoms with Gasteiger partial charge in [0.1, 0.15) is 5.82 Å². The minimum atomic E-state index is -0.514. The number of aromatic nitrogens is 1. The molecular weight excluding hydrogens is 471 g/mol. The molecule has 0 bridgehead atoms. The van der Waals surface area contributed by atoms with Crippen molar-refractivity contribution in [3.05, 3.63) is 76.9 Å². The lowest BCUT2D eigenvalue weighted by Gasteiger charge is -2.08. The second-order valence-corrected chi connectivity index (χ2v) is 8.92. The molecular formula is C23H16ClFN2O3S2. The highest BCUT2D eigenvalue weighted by Gasteiger charge is 2.13. The molecule has 0 saturated heterocycles. The van der Waals surface area contributed by atoms with Gasteiger partial charge in [0.05, 0.1) is 11.4 Å². The first-order valence-electron chi connectivity index (χ1n) is 9.46. The Morgan fingerprint density at radius 3 is 2.62 bits per heavy atom. The first-order valence-corrected chi connectivity index (χ1v) is 11.7. The third-order valence-electron chi connectivity index (χ3n) is 4.42. The van der Waals surface area contributed by atoms with Crippen LogP contribution in [-0.4, -0.2) is 29.2 Å². The highest BCUT2D eigenvalue weighted by atomic mass is 35.5. The van der Waals surface area contributed by atoms with E-state index >= 15 is 0 Å². The normalized spacial score (nSPS) is 10.8. The minimum Gasteiger partial charge on any atom is -0.455 e. The predicted octanol–water partition coefficient (Wildman–Crippen LogP) is 6.03. The fraction of sp³-hybridized carbons (Fsp3) is 0.0870. The van der Waals surface area contributed by atoms with Crippen LogP contribution in [0.5, 0.6) is 0 Å². The van der Waals surface area contributed by atoms with E-state index in [9.17, 15) is 14.0 Å². The average Bonchev–Trinajstić information content (AvgIpc) is 3.25. The largest absolute Gasteiger partial charge is 0.455 e. The number of hydrogen-bond donors (Lipinski definition) is 1. The van der Waals surface area contributed by atoms with Gasteiger partial charge >= 0.3 is 5.97 Å². The summed E-state index contributed by atoms with van der Waals surface area (Å²) < 4.78 is 18.1. The van der Waals surface area contributed by atoms with E-state index in [1.165, 1.54) is 35.2 Å². The third-order valence-corrected chi connectivity index (χ3v) is 6.52. The van der Waals surface area contributed by atoms with E-state index in [1.54, 1.807) is 23.6 Å². The van der Waals surface area contributed by atoms with Crippen LogP contribution in [-0.2, 0) is 14.3 Å². The lowest BCUT2D eigenvalue weighted by molar-refractivity contribution is -0.144. The number of carbonyl (C=O) groups is 2. The lowest BCUT2D eigenvalue weighted by atomic mass is 10.1. The summed E-state index contributed by atoms with van der Waals surface area (Å²) in [6.07, 6.45) is 0. The monoisotopic (exact) mass is 486 g/mol. The predicted molar refractivity (Wildman–Crippen MR) is 127 cm³/mol. The Hall–Kier alpha value is -2.94. The summed E-state index contributed by atoms with van der Waals surface area (Å²) in [5, 5.41) is 7.19. The first kappa shape index (κ1) is 22.3. The van der Waals surface area contributed by atoms with Gasteiger partial charge in [-0.15, -0.1) is 23.1 Å². The number of esters is 1. The number of hydrogen-bond acceptors (Lipinski definition) is 6. The summed E-state index contributed by atoms with van der Waals surface area (Å²) >= 11 is 8.83. The van der Waals surface area contributed by atoms with Crippen molar-refractivity contribution in [3.63, 3.8) is 0 Å². The summed E-state index contributed by atoms with van der Waals surface area (Å²) in [5.41, 5.74) is 1.35. The van der Waals surface area contributed by atoms with Gasteiger partial charge in [0.15, 0.2) is 11.7 Å². The molecule has 3 aromatic carbocycles. The van der Waals surface area contributed by atoms with E-state index < -0.39 is 18.5 Å². The molecule has 0 aliphatic heterocycles. The van der Waals surface area contributed by atoms with E-state index in [1.807, 2.05) is 30.3 Å². The summed E-state index contributed by atoms with van der Waals surface area (Å²) in [5.74, 6) is -1.29. The molecule has 1 amide bonds. The Balaban J connectivity index is 1.28. The summed E-state index contributed by atoms with van der Waals surface area (Å²) in [4.78, 5) is 29.4. The van der Waals surface area contributed by atoms with Crippen LogP contribution in [0.1, 0.15) is 0 Å². The standard InChI is InChI=1S/C23H16ClFN2O3S2/c24-17-5-1-3-15-4-2-6-19(22(15)17)31-13-21(29)30-11-20(28)27-23-26-18(12-32-23)14-7-9-16(25)10-8-14/h1-10,12H,11,13H2,(H,26,27,28). The van der Waals surface area contributed by atoms with E-state index in [0.717, 1.165) is 21.2 Å². The van der Waals surface area contributed by atoms with Crippen LogP contribution in [0.3, 0.4) is 0 Å². The summed E-state index contributed by atoms with van der Waals surface area (Å²) in [7, 11) is 0. The third kappa shape index (κ3) is 5.45. The van der Waals surface area contributed by atoms with Crippen LogP contribution in [0.15, 0.2) is 70.9 Å². The highest BCUT2D eigenvalue weighted by Crippen LogP contribution is 2.33. The molecule has 0 atom stereocenters. The molecule has 0 aliphatic carbocycles. The van der Waals surface area contributed by atoms with E-state index in [0.29, 0.717) is 15.8 Å². The number of thiazole rings is 1.